The van der Waals surface area contributed by atoms with Gasteiger partial charge in [0, 0.05) is 12.1 Å². The molecule has 2 aromatic carbocycles. The Balaban J connectivity index is 1.85. The summed E-state index contributed by atoms with van der Waals surface area (Å²) >= 11 is 0. The molecule has 2 aromatic rings. The van der Waals surface area contributed by atoms with Gasteiger partial charge in [-0.3, -0.25) is 0 Å². The molecule has 0 heterocycles. The first-order chi connectivity index (χ1) is 10.2. The zero-order valence-corrected chi connectivity index (χ0v) is 12.6. The minimum atomic E-state index is -0.136. The van der Waals surface area contributed by atoms with Crippen LogP contribution < -0.4 is 10.1 Å². The fraction of sp³-hybridized carbons (Fsp3) is 0.333. The fourth-order valence-electron chi connectivity index (χ4n) is 2.17. The Morgan fingerprint density at radius 3 is 2.38 bits per heavy atom. The number of hydrogen-bond donors (Lipinski definition) is 1. The van der Waals surface area contributed by atoms with Crippen LogP contribution >= 0.6 is 0 Å². The average Bonchev–Trinajstić information content (AvgIpc) is 2.46. The molecule has 0 saturated carbocycles. The van der Waals surface area contributed by atoms with Crippen molar-refractivity contribution < 1.29 is 9.13 Å². The van der Waals surface area contributed by atoms with Crippen molar-refractivity contribution in [2.75, 3.05) is 6.54 Å². The highest BCUT2D eigenvalue weighted by atomic mass is 19.1. The van der Waals surface area contributed by atoms with Crippen molar-refractivity contribution in [3.63, 3.8) is 0 Å². The zero-order chi connectivity index (χ0) is 15.1. The highest BCUT2D eigenvalue weighted by molar-refractivity contribution is 5.33. The Kier molecular flexibility index (Phi) is 5.76. The standard InChI is InChI=1S/C18H22FNO/c1-14(2)21-18-10-6-4-8-16(18)13-20-12-11-15-7-3-5-9-17(15)19/h3-10,14,20H,11-13H2,1-2H3. The predicted octanol–water partition coefficient (Wildman–Crippen LogP) is 3.95. The molecular weight excluding hydrogens is 265 g/mol. The molecule has 2 rings (SSSR count). The van der Waals surface area contributed by atoms with Gasteiger partial charge in [-0.25, -0.2) is 4.39 Å². The van der Waals surface area contributed by atoms with Crippen molar-refractivity contribution in [2.24, 2.45) is 0 Å². The van der Waals surface area contributed by atoms with Crippen molar-refractivity contribution >= 4 is 0 Å². The van der Waals surface area contributed by atoms with Crippen LogP contribution in [0.15, 0.2) is 48.5 Å². The molecule has 0 saturated heterocycles. The predicted molar refractivity (Wildman–Crippen MR) is 84.0 cm³/mol. The Bertz CT molecular complexity index is 569. The molecule has 0 aliphatic heterocycles. The molecule has 112 valence electrons. The lowest BCUT2D eigenvalue weighted by Crippen LogP contribution is -2.18. The number of hydrogen-bond acceptors (Lipinski definition) is 2. The summed E-state index contributed by atoms with van der Waals surface area (Å²) in [6.07, 6.45) is 0.837. The van der Waals surface area contributed by atoms with Crippen molar-refractivity contribution in [3.8, 4) is 5.75 Å². The number of rotatable bonds is 7. The van der Waals surface area contributed by atoms with Gasteiger partial charge in [-0.2, -0.15) is 0 Å². The van der Waals surface area contributed by atoms with Crippen LogP contribution in [0.5, 0.6) is 5.75 Å². The first kappa shape index (κ1) is 15.5. The minimum absolute atomic E-state index is 0.136. The van der Waals surface area contributed by atoms with E-state index < -0.39 is 0 Å². The fourth-order valence-corrected chi connectivity index (χ4v) is 2.17. The third kappa shape index (κ3) is 4.87. The number of benzene rings is 2. The topological polar surface area (TPSA) is 21.3 Å². The Labute approximate surface area is 126 Å². The van der Waals surface area contributed by atoms with Crippen LogP contribution in [0, 0.1) is 5.82 Å². The van der Waals surface area contributed by atoms with Crippen LogP contribution in [0.1, 0.15) is 25.0 Å². The van der Waals surface area contributed by atoms with Gasteiger partial charge in [-0.1, -0.05) is 36.4 Å². The number of nitrogens with one attached hydrogen (secondary N) is 1. The van der Waals surface area contributed by atoms with Crippen molar-refractivity contribution in [3.05, 3.63) is 65.5 Å². The van der Waals surface area contributed by atoms with E-state index >= 15 is 0 Å². The SMILES string of the molecule is CC(C)Oc1ccccc1CNCCc1ccccc1F. The molecule has 0 atom stereocenters. The molecule has 0 unspecified atom stereocenters. The monoisotopic (exact) mass is 287 g/mol. The third-order valence-corrected chi connectivity index (χ3v) is 3.18. The molecule has 0 aromatic heterocycles. The molecule has 1 N–H and O–H groups in total. The van der Waals surface area contributed by atoms with Gasteiger partial charge < -0.3 is 10.1 Å². The van der Waals surface area contributed by atoms with Crippen LogP contribution in [0.25, 0.3) is 0 Å². The summed E-state index contributed by atoms with van der Waals surface area (Å²) < 4.78 is 19.3. The summed E-state index contributed by atoms with van der Waals surface area (Å²) in [4.78, 5) is 0. The van der Waals surface area contributed by atoms with Crippen LogP contribution in [0.4, 0.5) is 4.39 Å². The maximum Gasteiger partial charge on any atom is 0.126 e. The summed E-state index contributed by atoms with van der Waals surface area (Å²) in [6, 6.07) is 14.9. The van der Waals surface area contributed by atoms with E-state index in [1.165, 1.54) is 6.07 Å². The Hall–Kier alpha value is -1.87. The highest BCUT2D eigenvalue weighted by Gasteiger charge is 2.05. The van der Waals surface area contributed by atoms with Gasteiger partial charge in [0.05, 0.1) is 6.10 Å². The summed E-state index contributed by atoms with van der Waals surface area (Å²) in [5, 5.41) is 3.34. The molecule has 0 spiro atoms. The van der Waals surface area contributed by atoms with Gasteiger partial charge in [0.1, 0.15) is 11.6 Å². The molecule has 0 bridgehead atoms. The highest BCUT2D eigenvalue weighted by Crippen LogP contribution is 2.19. The lowest BCUT2D eigenvalue weighted by Gasteiger charge is -2.14. The second kappa shape index (κ2) is 7.79. The van der Waals surface area contributed by atoms with Gasteiger partial charge >= 0.3 is 0 Å². The van der Waals surface area contributed by atoms with Gasteiger partial charge in [0.25, 0.3) is 0 Å². The summed E-state index contributed by atoms with van der Waals surface area (Å²) in [6.45, 7) is 5.49. The maximum atomic E-state index is 13.5. The summed E-state index contributed by atoms with van der Waals surface area (Å²) in [5.74, 6) is 0.772. The van der Waals surface area contributed by atoms with E-state index in [0.29, 0.717) is 6.42 Å². The van der Waals surface area contributed by atoms with Gasteiger partial charge in [-0.05, 0) is 44.5 Å². The van der Waals surface area contributed by atoms with E-state index in [2.05, 4.69) is 5.32 Å². The largest absolute Gasteiger partial charge is 0.491 e. The molecule has 2 nitrogen and oxygen atoms in total. The van der Waals surface area contributed by atoms with E-state index in [1.807, 2.05) is 50.2 Å². The second-order valence-electron chi connectivity index (χ2n) is 5.29. The van der Waals surface area contributed by atoms with Crippen molar-refractivity contribution in [2.45, 2.75) is 32.9 Å². The summed E-state index contributed by atoms with van der Waals surface area (Å²) in [7, 11) is 0. The van der Waals surface area contributed by atoms with Crippen LogP contribution in [-0.4, -0.2) is 12.6 Å². The molecule has 21 heavy (non-hydrogen) atoms. The minimum Gasteiger partial charge on any atom is -0.491 e. The first-order valence-electron chi connectivity index (χ1n) is 7.35. The molecule has 0 amide bonds. The van der Waals surface area contributed by atoms with Crippen molar-refractivity contribution in [1.82, 2.24) is 5.32 Å². The van der Waals surface area contributed by atoms with Crippen molar-refractivity contribution in [1.29, 1.82) is 0 Å². The van der Waals surface area contributed by atoms with Crippen LogP contribution in [-0.2, 0) is 13.0 Å². The smallest absolute Gasteiger partial charge is 0.126 e. The average molecular weight is 287 g/mol. The van der Waals surface area contributed by atoms with E-state index in [-0.39, 0.29) is 11.9 Å². The van der Waals surface area contributed by atoms with E-state index in [0.717, 1.165) is 30.0 Å². The third-order valence-electron chi connectivity index (χ3n) is 3.18. The van der Waals surface area contributed by atoms with E-state index in [4.69, 9.17) is 4.74 Å². The molecule has 0 aliphatic rings. The molecule has 0 fully saturated rings. The second-order valence-corrected chi connectivity index (χ2v) is 5.29. The Morgan fingerprint density at radius 2 is 1.67 bits per heavy atom. The van der Waals surface area contributed by atoms with Crippen LogP contribution in [0.3, 0.4) is 0 Å². The van der Waals surface area contributed by atoms with Gasteiger partial charge in [-0.15, -0.1) is 0 Å². The van der Waals surface area contributed by atoms with Gasteiger partial charge in [0.2, 0.25) is 0 Å². The zero-order valence-electron chi connectivity index (χ0n) is 12.6. The van der Waals surface area contributed by atoms with E-state index in [1.54, 1.807) is 6.07 Å². The number of halogens is 1. The normalized spacial score (nSPS) is 10.9. The molecule has 3 heteroatoms. The maximum absolute atomic E-state index is 13.5. The van der Waals surface area contributed by atoms with Crippen LogP contribution in [0.2, 0.25) is 0 Å². The molecule has 0 aliphatic carbocycles. The quantitative estimate of drug-likeness (QED) is 0.779. The summed E-state index contributed by atoms with van der Waals surface area (Å²) in [5.41, 5.74) is 1.87. The number of para-hydroxylation sites is 1. The Morgan fingerprint density at radius 1 is 1.00 bits per heavy atom. The first-order valence-corrected chi connectivity index (χ1v) is 7.35. The number of ether oxygens (including phenoxy) is 1. The molecular formula is C18H22FNO. The lowest BCUT2D eigenvalue weighted by molar-refractivity contribution is 0.239. The van der Waals surface area contributed by atoms with E-state index in [9.17, 15) is 4.39 Å². The molecule has 0 radical (unpaired) electrons. The van der Waals surface area contributed by atoms with Gasteiger partial charge in [0.15, 0.2) is 0 Å². The lowest BCUT2D eigenvalue weighted by atomic mass is 10.1.